The van der Waals surface area contributed by atoms with E-state index in [-0.39, 0.29) is 23.7 Å². The number of hydrogen-bond acceptors (Lipinski definition) is 4. The maximum Gasteiger partial charge on any atom is 0.200 e. The number of nitrogens with one attached hydrogen (secondary N) is 2. The SMILES string of the molecule is CC(C)(C)NCC(O)COc1ccc(-c2ncc(-c3c(F)c(F)c(F)c(F)c3F)[nH]2)cc1. The van der Waals surface area contributed by atoms with E-state index >= 15 is 0 Å². The largest absolute Gasteiger partial charge is 0.491 e. The highest BCUT2D eigenvalue weighted by atomic mass is 19.2. The first kappa shape index (κ1) is 23.7. The summed E-state index contributed by atoms with van der Waals surface area (Å²) in [6.45, 7) is 6.35. The van der Waals surface area contributed by atoms with E-state index in [4.69, 9.17) is 4.74 Å². The maximum absolute atomic E-state index is 14.0. The van der Waals surface area contributed by atoms with E-state index in [2.05, 4.69) is 15.3 Å². The second-order valence-electron chi connectivity index (χ2n) is 8.21. The summed E-state index contributed by atoms with van der Waals surface area (Å²) in [6, 6.07) is 6.38. The molecule has 0 radical (unpaired) electrons. The third-order valence-corrected chi connectivity index (χ3v) is 4.49. The van der Waals surface area contributed by atoms with Crippen LogP contribution in [0.25, 0.3) is 22.6 Å². The highest BCUT2D eigenvalue weighted by Crippen LogP contribution is 2.32. The molecule has 5 nitrogen and oxygen atoms in total. The highest BCUT2D eigenvalue weighted by Gasteiger charge is 2.27. The van der Waals surface area contributed by atoms with Gasteiger partial charge in [0, 0.05) is 17.6 Å². The van der Waals surface area contributed by atoms with Gasteiger partial charge in [-0.25, -0.2) is 26.9 Å². The summed E-state index contributed by atoms with van der Waals surface area (Å²) in [7, 11) is 0. The fraction of sp³-hybridized carbons (Fsp3) is 0.318. The summed E-state index contributed by atoms with van der Waals surface area (Å²) < 4.78 is 73.7. The number of rotatable bonds is 7. The summed E-state index contributed by atoms with van der Waals surface area (Å²) in [5, 5.41) is 13.1. The summed E-state index contributed by atoms with van der Waals surface area (Å²) in [4.78, 5) is 6.53. The molecule has 0 saturated heterocycles. The number of H-pyrrole nitrogens is 1. The number of aromatic amines is 1. The fourth-order valence-electron chi connectivity index (χ4n) is 2.82. The number of nitrogens with zero attached hydrogens (tertiary/aromatic N) is 1. The number of ether oxygens (including phenoxy) is 1. The Hall–Kier alpha value is -2.98. The summed E-state index contributed by atoms with van der Waals surface area (Å²) in [5.41, 5.74) is -1.09. The summed E-state index contributed by atoms with van der Waals surface area (Å²) in [5.74, 6) is -9.55. The lowest BCUT2D eigenvalue weighted by Gasteiger charge is -2.22. The topological polar surface area (TPSA) is 70.2 Å². The van der Waals surface area contributed by atoms with Gasteiger partial charge in [-0.05, 0) is 45.0 Å². The van der Waals surface area contributed by atoms with E-state index < -0.39 is 40.8 Å². The molecule has 0 aliphatic heterocycles. The molecule has 172 valence electrons. The zero-order valence-corrected chi connectivity index (χ0v) is 17.6. The van der Waals surface area contributed by atoms with Crippen LogP contribution in [0.2, 0.25) is 0 Å². The number of aliphatic hydroxyl groups is 1. The molecule has 2 aromatic carbocycles. The number of β-amino-alcohol motifs (C(OH)–C–C–N with tert-alkyl or cyclic N) is 1. The number of aromatic nitrogens is 2. The Bertz CT molecular complexity index is 1070. The Morgan fingerprint density at radius 2 is 1.53 bits per heavy atom. The highest BCUT2D eigenvalue weighted by molar-refractivity contribution is 5.66. The normalized spacial score (nSPS) is 12.8. The van der Waals surface area contributed by atoms with Crippen LogP contribution in [0, 0.1) is 29.1 Å². The Balaban J connectivity index is 1.72. The molecule has 0 saturated carbocycles. The van der Waals surface area contributed by atoms with Gasteiger partial charge in [-0.15, -0.1) is 0 Å². The Morgan fingerprint density at radius 1 is 0.969 bits per heavy atom. The van der Waals surface area contributed by atoms with E-state index in [1.54, 1.807) is 24.3 Å². The first-order valence-electron chi connectivity index (χ1n) is 9.71. The molecule has 3 aromatic rings. The van der Waals surface area contributed by atoms with E-state index in [0.29, 0.717) is 17.9 Å². The second kappa shape index (κ2) is 9.25. The van der Waals surface area contributed by atoms with E-state index in [9.17, 15) is 27.1 Å². The number of halogens is 5. The predicted molar refractivity (Wildman–Crippen MR) is 109 cm³/mol. The monoisotopic (exact) mass is 455 g/mol. The molecule has 1 unspecified atom stereocenters. The lowest BCUT2D eigenvalue weighted by molar-refractivity contribution is 0.100. The molecule has 1 aromatic heterocycles. The van der Waals surface area contributed by atoms with Crippen LogP contribution in [0.1, 0.15) is 20.8 Å². The molecule has 1 heterocycles. The molecule has 1 atom stereocenters. The molecule has 10 heteroatoms. The standard InChI is InChI=1S/C22H22F5N3O2/c1-22(2,3)29-8-12(31)10-32-13-6-4-11(5-7-13)21-28-9-14(30-21)15-16(23)18(25)20(27)19(26)17(15)24/h4-7,9,12,29,31H,8,10H2,1-3H3,(H,28,30). The van der Waals surface area contributed by atoms with Crippen LogP contribution in [0.15, 0.2) is 30.5 Å². The average molecular weight is 455 g/mol. The van der Waals surface area contributed by atoms with Crippen LogP contribution in [0.4, 0.5) is 22.0 Å². The minimum atomic E-state index is -2.22. The van der Waals surface area contributed by atoms with Gasteiger partial charge in [0.15, 0.2) is 23.3 Å². The van der Waals surface area contributed by atoms with Crippen LogP contribution in [0.3, 0.4) is 0 Å². The smallest absolute Gasteiger partial charge is 0.200 e. The van der Waals surface area contributed by atoms with Crippen LogP contribution in [-0.2, 0) is 0 Å². The van der Waals surface area contributed by atoms with Gasteiger partial charge in [0.25, 0.3) is 0 Å². The van der Waals surface area contributed by atoms with E-state index in [1.165, 1.54) is 0 Å². The molecule has 0 aliphatic rings. The lowest BCUT2D eigenvalue weighted by Crippen LogP contribution is -2.42. The van der Waals surface area contributed by atoms with Gasteiger partial charge in [0.1, 0.15) is 24.3 Å². The zero-order chi connectivity index (χ0) is 23.6. The van der Waals surface area contributed by atoms with Gasteiger partial charge in [0.2, 0.25) is 5.82 Å². The molecular formula is C22H22F5N3O2. The quantitative estimate of drug-likeness (QED) is 0.277. The Kier molecular flexibility index (Phi) is 6.85. The fourth-order valence-corrected chi connectivity index (χ4v) is 2.82. The van der Waals surface area contributed by atoms with Crippen molar-refractivity contribution in [2.75, 3.05) is 13.2 Å². The van der Waals surface area contributed by atoms with Crippen LogP contribution < -0.4 is 10.1 Å². The minimum absolute atomic E-state index is 0.0631. The first-order chi connectivity index (χ1) is 15.0. The maximum atomic E-state index is 14.0. The minimum Gasteiger partial charge on any atom is -0.491 e. The zero-order valence-electron chi connectivity index (χ0n) is 17.6. The molecule has 3 N–H and O–H groups in total. The molecular weight excluding hydrogens is 433 g/mol. The molecule has 0 fully saturated rings. The lowest BCUT2D eigenvalue weighted by atomic mass is 10.1. The Morgan fingerprint density at radius 3 is 2.09 bits per heavy atom. The van der Waals surface area contributed by atoms with Crippen LogP contribution in [-0.4, -0.2) is 39.9 Å². The second-order valence-corrected chi connectivity index (χ2v) is 8.21. The number of aliphatic hydroxyl groups excluding tert-OH is 1. The van der Waals surface area contributed by atoms with Gasteiger partial charge < -0.3 is 20.1 Å². The van der Waals surface area contributed by atoms with Crippen LogP contribution in [0.5, 0.6) is 5.75 Å². The van der Waals surface area contributed by atoms with Crippen LogP contribution >= 0.6 is 0 Å². The summed E-state index contributed by atoms with van der Waals surface area (Å²) in [6.07, 6.45) is 0.263. The van der Waals surface area contributed by atoms with Crippen molar-refractivity contribution in [2.45, 2.75) is 32.4 Å². The van der Waals surface area contributed by atoms with Crippen molar-refractivity contribution >= 4 is 0 Å². The first-order valence-corrected chi connectivity index (χ1v) is 9.71. The van der Waals surface area contributed by atoms with Crippen molar-refractivity contribution < 1.29 is 31.8 Å². The molecule has 0 aliphatic carbocycles. The predicted octanol–water partition coefficient (Wildman–Crippen LogP) is 4.57. The third kappa shape index (κ3) is 5.25. The molecule has 32 heavy (non-hydrogen) atoms. The van der Waals surface area contributed by atoms with Crippen molar-refractivity contribution in [3.8, 4) is 28.4 Å². The summed E-state index contributed by atoms with van der Waals surface area (Å²) >= 11 is 0. The van der Waals surface area contributed by atoms with Gasteiger partial charge in [-0.3, -0.25) is 0 Å². The van der Waals surface area contributed by atoms with Gasteiger partial charge >= 0.3 is 0 Å². The molecule has 0 bridgehead atoms. The molecule has 0 amide bonds. The number of hydrogen-bond donors (Lipinski definition) is 3. The molecule has 3 rings (SSSR count). The van der Waals surface area contributed by atoms with Gasteiger partial charge in [-0.2, -0.15) is 0 Å². The van der Waals surface area contributed by atoms with Crippen molar-refractivity contribution in [2.24, 2.45) is 0 Å². The van der Waals surface area contributed by atoms with Crippen molar-refractivity contribution in [1.82, 2.24) is 15.3 Å². The number of imidazole rings is 1. The van der Waals surface area contributed by atoms with E-state index in [1.807, 2.05) is 20.8 Å². The van der Waals surface area contributed by atoms with Crippen molar-refractivity contribution in [1.29, 1.82) is 0 Å². The van der Waals surface area contributed by atoms with E-state index in [0.717, 1.165) is 6.20 Å². The average Bonchev–Trinajstić information content (AvgIpc) is 3.23. The Labute approximate surface area is 181 Å². The molecule has 0 spiro atoms. The number of benzene rings is 2. The third-order valence-electron chi connectivity index (χ3n) is 4.49. The van der Waals surface area contributed by atoms with Gasteiger partial charge in [0.05, 0.1) is 17.5 Å². The van der Waals surface area contributed by atoms with Crippen molar-refractivity contribution in [3.05, 3.63) is 59.5 Å². The van der Waals surface area contributed by atoms with Gasteiger partial charge in [-0.1, -0.05) is 0 Å². The van der Waals surface area contributed by atoms with Crippen molar-refractivity contribution in [3.63, 3.8) is 0 Å².